The monoisotopic (exact) mass is 160 g/mol. The van der Waals surface area contributed by atoms with Gasteiger partial charge in [0.15, 0.2) is 0 Å². The molecular formula is C10H12N2. The van der Waals surface area contributed by atoms with E-state index in [1.165, 1.54) is 16.5 Å². The third-order valence-corrected chi connectivity index (χ3v) is 2.20. The molecule has 0 N–H and O–H groups in total. The molecule has 1 aromatic heterocycles. The molecule has 2 rings (SSSR count). The minimum atomic E-state index is 0.937. The van der Waals surface area contributed by atoms with Gasteiger partial charge in [-0.2, -0.15) is 5.10 Å². The standard InChI is InChI=1S/C10H12N2/c1-3-12-10-6-4-5-8(2)9(10)7-11-12/h4-7H,3H2,1-2H3. The maximum atomic E-state index is 4.29. The second-order valence-corrected chi connectivity index (χ2v) is 2.97. The first-order valence-corrected chi connectivity index (χ1v) is 4.24. The molecule has 2 nitrogen and oxygen atoms in total. The van der Waals surface area contributed by atoms with Crippen molar-refractivity contribution in [2.75, 3.05) is 0 Å². The minimum absolute atomic E-state index is 0.937. The van der Waals surface area contributed by atoms with Crippen LogP contribution in [0.4, 0.5) is 0 Å². The molecule has 0 aliphatic heterocycles. The SMILES string of the molecule is CCn1ncc2c(C)cccc21. The summed E-state index contributed by atoms with van der Waals surface area (Å²) < 4.78 is 2.02. The quantitative estimate of drug-likeness (QED) is 0.626. The van der Waals surface area contributed by atoms with Crippen LogP contribution in [0.3, 0.4) is 0 Å². The van der Waals surface area contributed by atoms with Gasteiger partial charge in [-0.25, -0.2) is 0 Å². The van der Waals surface area contributed by atoms with Crippen LogP contribution in [0.2, 0.25) is 0 Å². The van der Waals surface area contributed by atoms with Gasteiger partial charge in [0.1, 0.15) is 0 Å². The van der Waals surface area contributed by atoms with Gasteiger partial charge in [0.2, 0.25) is 0 Å². The summed E-state index contributed by atoms with van der Waals surface area (Å²) in [6, 6.07) is 6.30. The van der Waals surface area contributed by atoms with Gasteiger partial charge in [-0.3, -0.25) is 4.68 Å². The molecule has 2 heteroatoms. The Balaban J connectivity index is 2.80. The molecule has 0 saturated carbocycles. The van der Waals surface area contributed by atoms with Gasteiger partial charge in [-0.05, 0) is 25.5 Å². The molecule has 62 valence electrons. The molecule has 0 atom stereocenters. The minimum Gasteiger partial charge on any atom is -0.265 e. The van der Waals surface area contributed by atoms with E-state index in [0.29, 0.717) is 0 Å². The number of nitrogens with zero attached hydrogens (tertiary/aromatic N) is 2. The Morgan fingerprint density at radius 3 is 3.00 bits per heavy atom. The van der Waals surface area contributed by atoms with E-state index in [2.05, 4.69) is 37.1 Å². The molecule has 0 fully saturated rings. The Bertz CT molecular complexity index is 401. The van der Waals surface area contributed by atoms with Crippen molar-refractivity contribution in [1.82, 2.24) is 9.78 Å². The molecule has 0 amide bonds. The molecule has 2 aromatic rings. The fraction of sp³-hybridized carbons (Fsp3) is 0.300. The highest BCUT2D eigenvalue weighted by Gasteiger charge is 2.01. The average molecular weight is 160 g/mol. The first-order valence-electron chi connectivity index (χ1n) is 4.24. The topological polar surface area (TPSA) is 17.8 Å². The Hall–Kier alpha value is -1.31. The first-order chi connectivity index (χ1) is 5.83. The van der Waals surface area contributed by atoms with E-state index in [1.807, 2.05) is 10.9 Å². The lowest BCUT2D eigenvalue weighted by Gasteiger charge is -1.98. The van der Waals surface area contributed by atoms with E-state index in [0.717, 1.165) is 6.54 Å². The summed E-state index contributed by atoms with van der Waals surface area (Å²) in [6.07, 6.45) is 1.94. The highest BCUT2D eigenvalue weighted by molar-refractivity contribution is 5.81. The van der Waals surface area contributed by atoms with Crippen molar-refractivity contribution in [3.05, 3.63) is 30.0 Å². The molecule has 1 aromatic carbocycles. The highest BCUT2D eigenvalue weighted by Crippen LogP contribution is 2.16. The van der Waals surface area contributed by atoms with Crippen LogP contribution in [0, 0.1) is 6.92 Å². The number of hydrogen-bond acceptors (Lipinski definition) is 1. The van der Waals surface area contributed by atoms with Gasteiger partial charge in [-0.1, -0.05) is 12.1 Å². The van der Waals surface area contributed by atoms with Crippen LogP contribution in [0.1, 0.15) is 12.5 Å². The zero-order chi connectivity index (χ0) is 8.55. The van der Waals surface area contributed by atoms with Gasteiger partial charge in [-0.15, -0.1) is 0 Å². The molecule has 0 aliphatic rings. The number of aryl methyl sites for hydroxylation is 2. The fourth-order valence-corrected chi connectivity index (χ4v) is 1.50. The van der Waals surface area contributed by atoms with E-state index in [9.17, 15) is 0 Å². The van der Waals surface area contributed by atoms with Crippen LogP contribution < -0.4 is 0 Å². The lowest BCUT2D eigenvalue weighted by Crippen LogP contribution is -1.94. The Morgan fingerprint density at radius 1 is 1.42 bits per heavy atom. The van der Waals surface area contributed by atoms with Crippen LogP contribution in [-0.2, 0) is 6.54 Å². The summed E-state index contributed by atoms with van der Waals surface area (Å²) in [5.74, 6) is 0. The maximum Gasteiger partial charge on any atom is 0.0684 e. The van der Waals surface area contributed by atoms with E-state index in [4.69, 9.17) is 0 Å². The summed E-state index contributed by atoms with van der Waals surface area (Å²) in [6.45, 7) is 5.16. The summed E-state index contributed by atoms with van der Waals surface area (Å²) in [4.78, 5) is 0. The number of hydrogen-bond donors (Lipinski definition) is 0. The van der Waals surface area contributed by atoms with Crippen molar-refractivity contribution in [1.29, 1.82) is 0 Å². The van der Waals surface area contributed by atoms with Crippen LogP contribution in [0.5, 0.6) is 0 Å². The van der Waals surface area contributed by atoms with Gasteiger partial charge >= 0.3 is 0 Å². The fourth-order valence-electron chi connectivity index (χ4n) is 1.50. The number of aromatic nitrogens is 2. The van der Waals surface area contributed by atoms with Crippen LogP contribution in [-0.4, -0.2) is 9.78 Å². The van der Waals surface area contributed by atoms with Crippen LogP contribution in [0.25, 0.3) is 10.9 Å². The number of fused-ring (bicyclic) bond motifs is 1. The predicted molar refractivity (Wildman–Crippen MR) is 50.1 cm³/mol. The maximum absolute atomic E-state index is 4.29. The largest absolute Gasteiger partial charge is 0.265 e. The zero-order valence-electron chi connectivity index (χ0n) is 7.41. The van der Waals surface area contributed by atoms with Gasteiger partial charge in [0, 0.05) is 11.9 Å². The van der Waals surface area contributed by atoms with Crippen molar-refractivity contribution in [2.24, 2.45) is 0 Å². The van der Waals surface area contributed by atoms with Crippen molar-refractivity contribution >= 4 is 10.9 Å². The van der Waals surface area contributed by atoms with Gasteiger partial charge in [0.05, 0.1) is 11.7 Å². The van der Waals surface area contributed by atoms with E-state index >= 15 is 0 Å². The third kappa shape index (κ3) is 0.916. The molecule has 0 aliphatic carbocycles. The number of rotatable bonds is 1. The van der Waals surface area contributed by atoms with Crippen LogP contribution in [0.15, 0.2) is 24.4 Å². The molecule has 0 unspecified atom stereocenters. The Kier molecular flexibility index (Phi) is 1.61. The van der Waals surface area contributed by atoms with E-state index in [-0.39, 0.29) is 0 Å². The molecule has 0 saturated heterocycles. The molecule has 1 heterocycles. The van der Waals surface area contributed by atoms with Crippen molar-refractivity contribution in [3.63, 3.8) is 0 Å². The summed E-state index contributed by atoms with van der Waals surface area (Å²) >= 11 is 0. The third-order valence-electron chi connectivity index (χ3n) is 2.20. The average Bonchev–Trinajstić information content (AvgIpc) is 2.49. The molecule has 0 radical (unpaired) electrons. The first kappa shape index (κ1) is 7.35. The van der Waals surface area contributed by atoms with Crippen molar-refractivity contribution in [2.45, 2.75) is 20.4 Å². The zero-order valence-corrected chi connectivity index (χ0v) is 7.41. The lowest BCUT2D eigenvalue weighted by atomic mass is 10.1. The predicted octanol–water partition coefficient (Wildman–Crippen LogP) is 2.36. The second kappa shape index (κ2) is 2.63. The lowest BCUT2D eigenvalue weighted by molar-refractivity contribution is 0.684. The summed E-state index contributed by atoms with van der Waals surface area (Å²) in [5.41, 5.74) is 2.53. The number of benzene rings is 1. The smallest absolute Gasteiger partial charge is 0.0684 e. The molecule has 12 heavy (non-hydrogen) atoms. The second-order valence-electron chi connectivity index (χ2n) is 2.97. The molecule has 0 bridgehead atoms. The van der Waals surface area contributed by atoms with Gasteiger partial charge < -0.3 is 0 Å². The van der Waals surface area contributed by atoms with Crippen LogP contribution >= 0.6 is 0 Å². The van der Waals surface area contributed by atoms with Crippen molar-refractivity contribution < 1.29 is 0 Å². The Labute approximate surface area is 71.8 Å². The van der Waals surface area contributed by atoms with E-state index < -0.39 is 0 Å². The normalized spacial score (nSPS) is 10.8. The van der Waals surface area contributed by atoms with Gasteiger partial charge in [0.25, 0.3) is 0 Å². The summed E-state index contributed by atoms with van der Waals surface area (Å²) in [5, 5.41) is 5.55. The van der Waals surface area contributed by atoms with E-state index in [1.54, 1.807) is 0 Å². The highest BCUT2D eigenvalue weighted by atomic mass is 15.3. The van der Waals surface area contributed by atoms with Crippen molar-refractivity contribution in [3.8, 4) is 0 Å². The Morgan fingerprint density at radius 2 is 2.25 bits per heavy atom. The summed E-state index contributed by atoms with van der Waals surface area (Å²) in [7, 11) is 0. The molecule has 0 spiro atoms. The molecular weight excluding hydrogens is 148 g/mol.